The second-order valence-corrected chi connectivity index (χ2v) is 5.05. The molecule has 3 heteroatoms. The number of nitrogens with zero attached hydrogens (tertiary/aromatic N) is 1. The summed E-state index contributed by atoms with van der Waals surface area (Å²) in [6.07, 6.45) is 5.75. The maximum Gasteiger partial charge on any atom is 0.0716 e. The first kappa shape index (κ1) is 13.2. The molecule has 18 heavy (non-hydrogen) atoms. The number of benzene rings is 1. The van der Waals surface area contributed by atoms with Gasteiger partial charge < -0.3 is 4.74 Å². The predicted octanol–water partition coefficient (Wildman–Crippen LogP) is 3.99. The second-order valence-electron chi connectivity index (χ2n) is 4.14. The van der Waals surface area contributed by atoms with Crippen LogP contribution in [0.15, 0.2) is 53.3 Å². The van der Waals surface area contributed by atoms with Crippen LogP contribution in [0.2, 0.25) is 0 Å². The van der Waals surface area contributed by atoms with Gasteiger partial charge in [-0.15, -0.1) is 0 Å². The van der Waals surface area contributed by atoms with E-state index in [-0.39, 0.29) is 0 Å². The molecule has 1 heterocycles. The fourth-order valence-corrected chi connectivity index (χ4v) is 1.96. The molecule has 0 saturated heterocycles. The molecule has 94 valence electrons. The third-order valence-corrected chi connectivity index (χ3v) is 3.21. The van der Waals surface area contributed by atoms with Crippen molar-refractivity contribution in [3.63, 3.8) is 0 Å². The van der Waals surface area contributed by atoms with Crippen molar-refractivity contribution in [2.45, 2.75) is 19.4 Å². The largest absolute Gasteiger partial charge is 0.377 e. The summed E-state index contributed by atoms with van der Waals surface area (Å²) >= 11 is 3.42. The van der Waals surface area contributed by atoms with Gasteiger partial charge in [-0.1, -0.05) is 28.1 Å². The Morgan fingerprint density at radius 3 is 2.39 bits per heavy atom. The van der Waals surface area contributed by atoms with Gasteiger partial charge in [-0.2, -0.15) is 0 Å². The van der Waals surface area contributed by atoms with E-state index in [2.05, 4.69) is 45.2 Å². The average Bonchev–Trinajstić information content (AvgIpc) is 2.42. The summed E-state index contributed by atoms with van der Waals surface area (Å²) < 4.78 is 6.75. The number of aryl methyl sites for hydroxylation is 1. The molecule has 0 spiro atoms. The third kappa shape index (κ3) is 4.59. The van der Waals surface area contributed by atoms with Crippen LogP contribution in [0.5, 0.6) is 0 Å². The monoisotopic (exact) mass is 305 g/mol. The van der Waals surface area contributed by atoms with E-state index >= 15 is 0 Å². The Morgan fingerprint density at radius 1 is 0.944 bits per heavy atom. The number of pyridine rings is 1. The van der Waals surface area contributed by atoms with Crippen LogP contribution in [-0.2, 0) is 17.8 Å². The van der Waals surface area contributed by atoms with E-state index in [4.69, 9.17) is 4.74 Å². The van der Waals surface area contributed by atoms with Crippen LogP contribution in [0, 0.1) is 0 Å². The Hall–Kier alpha value is -1.19. The van der Waals surface area contributed by atoms with Crippen LogP contribution in [0.3, 0.4) is 0 Å². The molecule has 0 unspecified atom stereocenters. The van der Waals surface area contributed by atoms with Gasteiger partial charge in [0.1, 0.15) is 0 Å². The van der Waals surface area contributed by atoms with Crippen molar-refractivity contribution >= 4 is 15.9 Å². The van der Waals surface area contributed by atoms with Crippen molar-refractivity contribution in [2.75, 3.05) is 6.61 Å². The van der Waals surface area contributed by atoms with Crippen LogP contribution in [0.4, 0.5) is 0 Å². The quantitative estimate of drug-likeness (QED) is 0.753. The molecule has 0 atom stereocenters. The maximum absolute atomic E-state index is 5.65. The molecule has 0 N–H and O–H groups in total. The minimum absolute atomic E-state index is 0.684. The van der Waals surface area contributed by atoms with Gasteiger partial charge in [0.15, 0.2) is 0 Å². The molecule has 2 aromatic rings. The summed E-state index contributed by atoms with van der Waals surface area (Å²) in [5.41, 5.74) is 2.53. The highest BCUT2D eigenvalue weighted by atomic mass is 79.9. The van der Waals surface area contributed by atoms with E-state index in [0.29, 0.717) is 6.61 Å². The zero-order valence-electron chi connectivity index (χ0n) is 10.2. The van der Waals surface area contributed by atoms with Crippen molar-refractivity contribution in [1.82, 2.24) is 4.98 Å². The van der Waals surface area contributed by atoms with Gasteiger partial charge in [-0.3, -0.25) is 4.98 Å². The van der Waals surface area contributed by atoms with E-state index in [1.165, 1.54) is 11.1 Å². The minimum atomic E-state index is 0.684. The van der Waals surface area contributed by atoms with Crippen molar-refractivity contribution in [1.29, 1.82) is 0 Å². The standard InChI is InChI=1S/C15H16BrNO/c16-15-5-3-14(4-6-15)12-18-11-1-2-13-7-9-17-10-8-13/h3-10H,1-2,11-12H2. The van der Waals surface area contributed by atoms with Gasteiger partial charge in [0.05, 0.1) is 6.61 Å². The molecular weight excluding hydrogens is 290 g/mol. The van der Waals surface area contributed by atoms with Gasteiger partial charge in [-0.05, 0) is 48.2 Å². The SMILES string of the molecule is Brc1ccc(COCCCc2ccncc2)cc1. The Labute approximate surface area is 116 Å². The molecule has 1 aromatic heterocycles. The van der Waals surface area contributed by atoms with E-state index in [1.54, 1.807) is 0 Å². The zero-order valence-corrected chi connectivity index (χ0v) is 11.8. The maximum atomic E-state index is 5.65. The molecule has 0 aliphatic rings. The molecule has 2 rings (SSSR count). The fraction of sp³-hybridized carbons (Fsp3) is 0.267. The molecule has 0 aliphatic carbocycles. The first-order chi connectivity index (χ1) is 8.84. The molecule has 0 amide bonds. The first-order valence-corrected chi connectivity index (χ1v) is 6.85. The van der Waals surface area contributed by atoms with Crippen LogP contribution in [0.1, 0.15) is 17.5 Å². The molecule has 2 nitrogen and oxygen atoms in total. The normalized spacial score (nSPS) is 10.5. The van der Waals surface area contributed by atoms with Gasteiger partial charge in [-0.25, -0.2) is 0 Å². The third-order valence-electron chi connectivity index (χ3n) is 2.69. The molecule has 1 aromatic carbocycles. The molecule has 0 saturated carbocycles. The molecule has 0 fully saturated rings. The number of rotatable bonds is 6. The Kier molecular flexibility index (Phi) is 5.36. The first-order valence-electron chi connectivity index (χ1n) is 6.06. The van der Waals surface area contributed by atoms with Gasteiger partial charge >= 0.3 is 0 Å². The van der Waals surface area contributed by atoms with Crippen LogP contribution in [-0.4, -0.2) is 11.6 Å². The number of hydrogen-bond acceptors (Lipinski definition) is 2. The van der Waals surface area contributed by atoms with Crippen LogP contribution < -0.4 is 0 Å². The van der Waals surface area contributed by atoms with Gasteiger partial charge in [0.25, 0.3) is 0 Å². The summed E-state index contributed by atoms with van der Waals surface area (Å²) in [7, 11) is 0. The van der Waals surface area contributed by atoms with Gasteiger partial charge in [0.2, 0.25) is 0 Å². The molecule has 0 radical (unpaired) electrons. The van der Waals surface area contributed by atoms with Gasteiger partial charge in [0, 0.05) is 23.5 Å². The van der Waals surface area contributed by atoms with Crippen molar-refractivity contribution in [3.8, 4) is 0 Å². The lowest BCUT2D eigenvalue weighted by molar-refractivity contribution is 0.118. The van der Waals surface area contributed by atoms with Crippen LogP contribution in [0.25, 0.3) is 0 Å². The average molecular weight is 306 g/mol. The highest BCUT2D eigenvalue weighted by Gasteiger charge is 1.95. The number of aromatic nitrogens is 1. The highest BCUT2D eigenvalue weighted by molar-refractivity contribution is 9.10. The lowest BCUT2D eigenvalue weighted by Crippen LogP contribution is -1.97. The summed E-state index contributed by atoms with van der Waals surface area (Å²) in [4.78, 5) is 4.00. The van der Waals surface area contributed by atoms with E-state index in [9.17, 15) is 0 Å². The lowest BCUT2D eigenvalue weighted by Gasteiger charge is -2.04. The Bertz CT molecular complexity index is 456. The lowest BCUT2D eigenvalue weighted by atomic mass is 10.1. The number of halogens is 1. The van der Waals surface area contributed by atoms with E-state index in [0.717, 1.165) is 23.9 Å². The molecule has 0 aliphatic heterocycles. The molecule has 0 bridgehead atoms. The summed E-state index contributed by atoms with van der Waals surface area (Å²) in [5, 5.41) is 0. The van der Waals surface area contributed by atoms with Crippen LogP contribution >= 0.6 is 15.9 Å². The second kappa shape index (κ2) is 7.29. The number of ether oxygens (including phenoxy) is 1. The topological polar surface area (TPSA) is 22.1 Å². The van der Waals surface area contributed by atoms with Crippen molar-refractivity contribution < 1.29 is 4.74 Å². The summed E-state index contributed by atoms with van der Waals surface area (Å²) in [6.45, 7) is 1.47. The Balaban J connectivity index is 1.63. The summed E-state index contributed by atoms with van der Waals surface area (Å²) in [6, 6.07) is 12.3. The number of hydrogen-bond donors (Lipinski definition) is 0. The fourth-order valence-electron chi connectivity index (χ4n) is 1.70. The minimum Gasteiger partial charge on any atom is -0.377 e. The van der Waals surface area contributed by atoms with E-state index in [1.807, 2.05) is 24.5 Å². The smallest absolute Gasteiger partial charge is 0.0716 e. The predicted molar refractivity (Wildman–Crippen MR) is 76.4 cm³/mol. The van der Waals surface area contributed by atoms with Crippen molar-refractivity contribution in [2.24, 2.45) is 0 Å². The van der Waals surface area contributed by atoms with E-state index < -0.39 is 0 Å². The molecular formula is C15H16BrNO. The van der Waals surface area contributed by atoms with Crippen molar-refractivity contribution in [3.05, 3.63) is 64.4 Å². The zero-order chi connectivity index (χ0) is 12.6. The highest BCUT2D eigenvalue weighted by Crippen LogP contribution is 2.11. The summed E-state index contributed by atoms with van der Waals surface area (Å²) in [5.74, 6) is 0. The Morgan fingerprint density at radius 2 is 1.67 bits per heavy atom.